The van der Waals surface area contributed by atoms with Gasteiger partial charge in [0.05, 0.1) is 27.8 Å². The van der Waals surface area contributed by atoms with Gasteiger partial charge in [-0.05, 0) is 43.0 Å². The Morgan fingerprint density at radius 2 is 1.83 bits per heavy atom. The molecule has 1 N–H and O–H groups in total. The molecule has 29 heavy (non-hydrogen) atoms. The molecule has 0 bridgehead atoms. The molecule has 154 valence electrons. The molecule has 1 heterocycles. The molecule has 0 aliphatic rings. The van der Waals surface area contributed by atoms with Gasteiger partial charge < -0.3 is 14.3 Å². The number of carboxylic acids is 1. The summed E-state index contributed by atoms with van der Waals surface area (Å²) in [4.78, 5) is 25.1. The molecule has 0 atom stereocenters. The molecule has 3 aromatic rings. The number of hydrogen-bond acceptors (Lipinski definition) is 5. The van der Waals surface area contributed by atoms with Crippen LogP contribution in [-0.4, -0.2) is 23.9 Å². The van der Waals surface area contributed by atoms with Gasteiger partial charge >= 0.3 is 5.97 Å². The van der Waals surface area contributed by atoms with E-state index >= 15 is 0 Å². The van der Waals surface area contributed by atoms with E-state index in [-0.39, 0.29) is 16.4 Å². The molecule has 0 aliphatic heterocycles. The van der Waals surface area contributed by atoms with Crippen LogP contribution >= 0.6 is 11.8 Å². The topological polar surface area (TPSA) is 76.7 Å². The van der Waals surface area contributed by atoms with Crippen molar-refractivity contribution in [2.45, 2.75) is 50.3 Å². The first-order valence-corrected chi connectivity index (χ1v) is 11.2. The zero-order chi connectivity index (χ0) is 20.8. The molecule has 0 fully saturated rings. The average Bonchev–Trinajstić information content (AvgIpc) is 2.73. The van der Waals surface area contributed by atoms with Crippen molar-refractivity contribution in [2.75, 3.05) is 12.9 Å². The quantitative estimate of drug-likeness (QED) is 0.245. The minimum Gasteiger partial charge on any atom is -0.494 e. The second-order valence-corrected chi connectivity index (χ2v) is 7.91. The number of fused-ring (bicyclic) bond motifs is 2. The molecular weight excluding hydrogens is 388 g/mol. The number of ether oxygens (including phenoxy) is 1. The van der Waals surface area contributed by atoms with Gasteiger partial charge in [0, 0.05) is 0 Å². The number of thioether (sulfide) groups is 1. The third-order valence-corrected chi connectivity index (χ3v) is 5.69. The first kappa shape index (κ1) is 21.2. The Morgan fingerprint density at radius 3 is 2.55 bits per heavy atom. The van der Waals surface area contributed by atoms with Gasteiger partial charge in [-0.3, -0.25) is 4.79 Å². The maximum atomic E-state index is 13.0. The fraction of sp³-hybridized carbons (Fsp3) is 0.391. The van der Waals surface area contributed by atoms with E-state index in [9.17, 15) is 14.7 Å². The normalized spacial score (nSPS) is 11.2. The van der Waals surface area contributed by atoms with Crippen LogP contribution in [0.15, 0.2) is 44.4 Å². The van der Waals surface area contributed by atoms with Gasteiger partial charge in [-0.25, -0.2) is 4.79 Å². The maximum absolute atomic E-state index is 13.0. The summed E-state index contributed by atoms with van der Waals surface area (Å²) in [6, 6.07) is 7.93. The maximum Gasteiger partial charge on any atom is 0.335 e. The van der Waals surface area contributed by atoms with Crippen molar-refractivity contribution in [3.05, 3.63) is 46.1 Å². The van der Waals surface area contributed by atoms with Gasteiger partial charge in [-0.1, -0.05) is 39.0 Å². The SMILES string of the molecule is CCCCCCCCOc1cc(SC)c2oc3ccc(C(=O)O)cc3c(=O)c2c1. The number of benzene rings is 2. The Balaban J connectivity index is 1.89. The van der Waals surface area contributed by atoms with Gasteiger partial charge in [0.1, 0.15) is 11.3 Å². The number of carbonyl (C=O) groups is 1. The fourth-order valence-corrected chi connectivity index (χ4v) is 3.91. The van der Waals surface area contributed by atoms with Crippen LogP contribution in [0.1, 0.15) is 55.8 Å². The monoisotopic (exact) mass is 414 g/mol. The average molecular weight is 415 g/mol. The van der Waals surface area contributed by atoms with Crippen LogP contribution in [0.4, 0.5) is 0 Å². The zero-order valence-electron chi connectivity index (χ0n) is 16.8. The number of rotatable bonds is 10. The summed E-state index contributed by atoms with van der Waals surface area (Å²) in [5, 5.41) is 9.88. The summed E-state index contributed by atoms with van der Waals surface area (Å²) in [5.41, 5.74) is 0.697. The highest BCUT2D eigenvalue weighted by Gasteiger charge is 2.15. The third kappa shape index (κ3) is 4.93. The lowest BCUT2D eigenvalue weighted by Crippen LogP contribution is -2.06. The third-order valence-electron chi connectivity index (χ3n) is 4.94. The second kappa shape index (κ2) is 9.83. The molecule has 3 rings (SSSR count). The first-order valence-electron chi connectivity index (χ1n) is 10.00. The van der Waals surface area contributed by atoms with E-state index in [0.29, 0.717) is 28.9 Å². The molecular formula is C23H26O5S. The van der Waals surface area contributed by atoms with E-state index in [1.807, 2.05) is 12.3 Å². The Kier molecular flexibility index (Phi) is 7.20. The van der Waals surface area contributed by atoms with Crippen LogP contribution in [-0.2, 0) is 0 Å². The van der Waals surface area contributed by atoms with Gasteiger partial charge in [-0.2, -0.15) is 0 Å². The lowest BCUT2D eigenvalue weighted by molar-refractivity contribution is 0.0697. The fourth-order valence-electron chi connectivity index (χ4n) is 3.34. The van der Waals surface area contributed by atoms with Crippen LogP contribution in [0.3, 0.4) is 0 Å². The van der Waals surface area contributed by atoms with Crippen LogP contribution in [0.25, 0.3) is 21.9 Å². The minimum atomic E-state index is -1.08. The molecule has 0 unspecified atom stereocenters. The molecule has 0 spiro atoms. The molecule has 1 aromatic heterocycles. The van der Waals surface area contributed by atoms with Crippen LogP contribution in [0.5, 0.6) is 5.75 Å². The van der Waals surface area contributed by atoms with Crippen LogP contribution in [0, 0.1) is 0 Å². The lowest BCUT2D eigenvalue weighted by atomic mass is 10.1. The van der Waals surface area contributed by atoms with E-state index in [4.69, 9.17) is 9.15 Å². The second-order valence-electron chi connectivity index (χ2n) is 7.07. The van der Waals surface area contributed by atoms with Crippen molar-refractivity contribution in [3.8, 4) is 5.75 Å². The van der Waals surface area contributed by atoms with E-state index in [0.717, 1.165) is 17.7 Å². The summed E-state index contributed by atoms with van der Waals surface area (Å²) in [7, 11) is 0. The largest absolute Gasteiger partial charge is 0.494 e. The van der Waals surface area contributed by atoms with Gasteiger partial charge in [0.15, 0.2) is 5.58 Å². The highest BCUT2D eigenvalue weighted by atomic mass is 32.2. The van der Waals surface area contributed by atoms with Crippen molar-refractivity contribution < 1.29 is 19.1 Å². The molecule has 0 amide bonds. The summed E-state index contributed by atoms with van der Waals surface area (Å²) in [6.45, 7) is 2.81. The van der Waals surface area contributed by atoms with E-state index in [1.165, 1.54) is 55.6 Å². The van der Waals surface area contributed by atoms with Crippen LogP contribution in [0.2, 0.25) is 0 Å². The Morgan fingerprint density at radius 1 is 1.07 bits per heavy atom. The lowest BCUT2D eigenvalue weighted by Gasteiger charge is -2.11. The minimum absolute atomic E-state index is 0.0599. The number of hydrogen-bond donors (Lipinski definition) is 1. The summed E-state index contributed by atoms with van der Waals surface area (Å²) < 4.78 is 11.9. The van der Waals surface area contributed by atoms with Gasteiger partial charge in [0.2, 0.25) is 5.43 Å². The zero-order valence-corrected chi connectivity index (χ0v) is 17.6. The molecule has 0 radical (unpaired) electrons. The number of carboxylic acid groups (broad SMARTS) is 1. The summed E-state index contributed by atoms with van der Waals surface area (Å²) >= 11 is 1.48. The Bertz CT molecular complexity index is 1070. The summed E-state index contributed by atoms with van der Waals surface area (Å²) in [6.07, 6.45) is 9.01. The standard InChI is InChI=1S/C23H26O5S/c1-3-4-5-6-7-8-11-27-16-13-18-21(24)17-12-15(23(25)26)9-10-19(17)28-22(18)20(14-16)29-2/h9-10,12-14H,3-8,11H2,1-2H3,(H,25,26). The molecule has 0 aliphatic carbocycles. The van der Waals surface area contributed by atoms with E-state index in [1.54, 1.807) is 6.07 Å². The smallest absolute Gasteiger partial charge is 0.335 e. The van der Waals surface area contributed by atoms with Gasteiger partial charge in [0.25, 0.3) is 0 Å². The summed E-state index contributed by atoms with van der Waals surface area (Å²) in [5.74, 6) is -0.441. The van der Waals surface area contributed by atoms with Crippen molar-refractivity contribution in [1.29, 1.82) is 0 Å². The van der Waals surface area contributed by atoms with Crippen molar-refractivity contribution in [3.63, 3.8) is 0 Å². The highest BCUT2D eigenvalue weighted by molar-refractivity contribution is 7.98. The predicted octanol–water partition coefficient (Wildman–Crippen LogP) is 6.11. The number of aromatic carboxylic acids is 1. The molecule has 5 nitrogen and oxygen atoms in total. The van der Waals surface area contributed by atoms with Crippen LogP contribution < -0.4 is 10.2 Å². The Hall–Kier alpha value is -2.47. The predicted molar refractivity (Wildman–Crippen MR) is 118 cm³/mol. The number of unbranched alkanes of at least 4 members (excludes halogenated alkanes) is 5. The Labute approximate surface area is 174 Å². The van der Waals surface area contributed by atoms with Gasteiger partial charge in [-0.15, -0.1) is 11.8 Å². The molecule has 0 saturated heterocycles. The van der Waals surface area contributed by atoms with E-state index in [2.05, 4.69) is 6.92 Å². The van der Waals surface area contributed by atoms with Crippen molar-refractivity contribution in [2.24, 2.45) is 0 Å². The molecule has 2 aromatic carbocycles. The molecule has 0 saturated carbocycles. The van der Waals surface area contributed by atoms with Crippen molar-refractivity contribution in [1.82, 2.24) is 0 Å². The first-order chi connectivity index (χ1) is 14.0. The molecule has 6 heteroatoms. The van der Waals surface area contributed by atoms with Crippen molar-refractivity contribution >= 4 is 39.7 Å². The highest BCUT2D eigenvalue weighted by Crippen LogP contribution is 2.32. The van der Waals surface area contributed by atoms with E-state index < -0.39 is 5.97 Å².